The second-order valence-corrected chi connectivity index (χ2v) is 52.8. The van der Waals surface area contributed by atoms with Gasteiger partial charge in [-0.2, -0.15) is 0 Å². The van der Waals surface area contributed by atoms with E-state index in [-0.39, 0.29) is 156 Å². The van der Waals surface area contributed by atoms with Crippen LogP contribution in [0.25, 0.3) is 0 Å². The van der Waals surface area contributed by atoms with Crippen LogP contribution in [0.1, 0.15) is 267 Å². The summed E-state index contributed by atoms with van der Waals surface area (Å²) in [5.41, 5.74) is 4.95. The van der Waals surface area contributed by atoms with E-state index in [1.807, 2.05) is 13.8 Å². The van der Waals surface area contributed by atoms with E-state index in [0.29, 0.717) is 153 Å². The van der Waals surface area contributed by atoms with E-state index in [1.54, 1.807) is 0 Å². The average Bonchev–Trinajstić information content (AvgIpc) is 1.56. The molecule has 3 aromatic rings. The molecule has 3 N–H and O–H groups in total. The van der Waals surface area contributed by atoms with E-state index in [9.17, 15) is 19.2 Å². The fourth-order valence-electron chi connectivity index (χ4n) is 35.9. The summed E-state index contributed by atoms with van der Waals surface area (Å²) in [6, 6.07) is 33.0. The quantitative estimate of drug-likeness (QED) is 0.0907. The SMILES string of the molecule is C=C1CC2C3CCC(=O)[C@@]3(C)CC(F)C2[C@@]2(C)CCC(=NOC3CCNC3)C[C@H]12.C=C1CC2C3CCC(=O)[C@@]3(C)CC(F)C2[C@@]2(C)CCC(=O)C[C@H]12.C=C1CC2C3CCC4(OCCO4)[C@@]3(C)CC(F)C2[C@@]2(C)CCC3(C[C@H]12)OCCO3.C[C@]12CC(F)C3C(CC(=O)[C@H]4CC5(CC[C@]34C)OCCO5)C1CCC21OCCO1.C[P+](c1ccccc1)(c1ccccc1)c1ccccc1.Cl.ONC1CCCC1.[Br-]. The Morgan fingerprint density at radius 2 is 0.806 bits per heavy atom. The first-order valence-electron chi connectivity index (χ1n) is 53.7. The van der Waals surface area contributed by atoms with Gasteiger partial charge in [-0.3, -0.25) is 19.2 Å². The number of allylic oxidation sites excluding steroid dienone is 3. The number of ketones is 4. The maximum Gasteiger partial charge on any atom is 0.174 e. The lowest BCUT2D eigenvalue weighted by Gasteiger charge is -2.63. The maximum atomic E-state index is 16.1. The number of benzene rings is 3. The highest BCUT2D eigenvalue weighted by atomic mass is 79.9. The second-order valence-electron chi connectivity index (χ2n) is 49.2. The van der Waals surface area contributed by atoms with E-state index in [0.717, 1.165) is 159 Å². The molecule has 22 fully saturated rings. The number of rotatable bonds is 6. The number of ether oxygens (including phenoxy) is 8. The number of carbonyl (C=O) groups is 4. The molecule has 5 aliphatic heterocycles. The minimum Gasteiger partial charge on any atom is -1.00 e. The summed E-state index contributed by atoms with van der Waals surface area (Å²) in [4.78, 5) is 56.2. The molecule has 0 aromatic heterocycles. The topological polar surface area (TPSA) is 208 Å². The number of fused-ring (bicyclic) bond motifs is 22. The predicted octanol–water partition coefficient (Wildman–Crippen LogP) is 18.9. The predicted molar refractivity (Wildman–Crippen MR) is 531 cm³/mol. The van der Waals surface area contributed by atoms with Crippen LogP contribution in [-0.4, -0.2) is 167 Å². The van der Waals surface area contributed by atoms with Crippen LogP contribution in [0.5, 0.6) is 0 Å². The third-order valence-corrected chi connectivity index (χ3v) is 46.9. The number of hydrogen-bond donors (Lipinski definition) is 3. The fourth-order valence-corrected chi connectivity index (χ4v) is 39.1. The number of hydroxylamine groups is 1. The molecule has 5 heterocycles. The van der Waals surface area contributed by atoms with Crippen molar-refractivity contribution >= 4 is 64.4 Å². The molecule has 24 heteroatoms. The Morgan fingerprint density at radius 1 is 0.424 bits per heavy atom. The van der Waals surface area contributed by atoms with E-state index in [2.05, 4.69) is 175 Å². The van der Waals surface area contributed by atoms with Gasteiger partial charge < -0.3 is 70.2 Å². The Kier molecular flexibility index (Phi) is 30.0. The number of alkyl halides is 4. The largest absolute Gasteiger partial charge is 1.00 e. The van der Waals surface area contributed by atoms with Crippen LogP contribution in [0.3, 0.4) is 0 Å². The lowest BCUT2D eigenvalue weighted by molar-refractivity contribution is -0.264. The van der Waals surface area contributed by atoms with E-state index < -0.39 is 65.9 Å². The van der Waals surface area contributed by atoms with Gasteiger partial charge in [0.15, 0.2) is 23.1 Å². The highest BCUT2D eigenvalue weighted by Gasteiger charge is 2.75. The maximum absolute atomic E-state index is 16.1. The summed E-state index contributed by atoms with van der Waals surface area (Å²) in [5.74, 6) is 1.79. The minimum absolute atomic E-state index is 0. The van der Waals surface area contributed by atoms with E-state index in [1.165, 1.54) is 39.9 Å². The van der Waals surface area contributed by atoms with Gasteiger partial charge in [-0.15, -0.1) is 12.4 Å². The monoisotopic (exact) mass is 2030 g/mol. The normalized spacial score (nSPS) is 44.1. The molecule has 766 valence electrons. The molecule has 17 nitrogen and oxygen atoms in total. The molecule has 0 radical (unpaired) electrons. The zero-order valence-electron chi connectivity index (χ0n) is 84.3. The molecule has 3 aromatic carbocycles. The van der Waals surface area contributed by atoms with Crippen LogP contribution >= 0.6 is 19.7 Å². The Labute approximate surface area is 842 Å². The molecule has 4 spiro atoms. The van der Waals surface area contributed by atoms with Crippen molar-refractivity contribution in [2.45, 2.75) is 327 Å². The lowest BCUT2D eigenvalue weighted by Crippen LogP contribution is -3.00. The molecule has 25 rings (SSSR count). The van der Waals surface area contributed by atoms with Crippen LogP contribution in [-0.2, 0) is 61.9 Å². The first-order valence-corrected chi connectivity index (χ1v) is 55.9. The van der Waals surface area contributed by atoms with Crippen molar-refractivity contribution in [2.75, 3.05) is 72.6 Å². The van der Waals surface area contributed by atoms with Gasteiger partial charge in [0.05, 0.1) is 65.2 Å². The highest BCUT2D eigenvalue weighted by Crippen LogP contribution is 2.76. The fraction of sp³-hybridized carbons (Fsp3) is 0.748. The van der Waals surface area contributed by atoms with Gasteiger partial charge in [-0.1, -0.05) is 164 Å². The van der Waals surface area contributed by atoms with Crippen molar-refractivity contribution in [1.82, 2.24) is 10.8 Å². The zero-order chi connectivity index (χ0) is 96.1. The van der Waals surface area contributed by atoms with Crippen LogP contribution in [0.2, 0.25) is 0 Å². The molecule has 17 aliphatic carbocycles. The molecule has 0 amide bonds. The molecule has 22 aliphatic rings. The molecule has 17 saturated carbocycles. The third-order valence-electron chi connectivity index (χ3n) is 42.9. The van der Waals surface area contributed by atoms with Gasteiger partial charge in [0.1, 0.15) is 77.1 Å². The standard InChI is InChI=1S/C24H35FN2O2.C24H35FO4.C23H33FO5.C20H27FO2.C19H18P.C5H11NO.BrH.ClH/c1-14-10-17-18-4-5-21(28)24(18,3)12-20(25)22(17)23(2)8-6-15(11-19(14)23)27-29-16-7-9-26-13-16;1-15-12-16-17-4-5-24(28-10-11-29-24)22(17,3)14-19(25)20(16)21(2)6-7-23(13-18(15)21)26-8-9-27-23;1-20-5-6-22(26-7-8-27-22)12-16(20)18(25)11-14-15-3-4-23(28-9-10-29-23)21(15,2)13-17(24)19(14)20;1-11-8-13-14-4-5-17(23)20(14,3)10-16(21)18(13)19(2)7-6-12(22)9-15(11)19;1-20(17-11-5-2-6-12-17,18-13-7-3-8-14-18)19-15-9-4-10-16-19;7-6-5-3-1-2-4-5;;/h16-20,22,26H,1,4-13H2,2-3H3;16-20H,1,4-14H2,2-3H3;14-17,19H,3-13H2,1-2H3;13-16,18H,1,4-10H2,2-3H3;2-16H,1H3;5-7H,1-4H2;2*1H/q;;;;+1;;;/p-1/t16?,17?,18?,19-,20?,22?,23+,24+;16?,17?,18-,19?,20?,21+,22+;14?,15?,16-,17?,19?,20+,21+;13?,14?,15-,16?,18?,19+,20+;;;;/m1111..../s1. The summed E-state index contributed by atoms with van der Waals surface area (Å²) in [7, 11) is -1.53. The van der Waals surface area contributed by atoms with Crippen molar-refractivity contribution in [3.63, 3.8) is 0 Å². The highest BCUT2D eigenvalue weighted by molar-refractivity contribution is 7.95. The number of carbonyl (C=O) groups excluding carboxylic acids is 4. The zero-order valence-corrected chi connectivity index (χ0v) is 87.6. The summed E-state index contributed by atoms with van der Waals surface area (Å²) < 4.78 is 112. The van der Waals surface area contributed by atoms with Crippen molar-refractivity contribution < 1.29 is 102 Å². The van der Waals surface area contributed by atoms with Gasteiger partial charge in [0.25, 0.3) is 0 Å². The summed E-state index contributed by atoms with van der Waals surface area (Å²) in [5, 5.41) is 20.4. The van der Waals surface area contributed by atoms with Gasteiger partial charge in [-0.05, 0) is 275 Å². The Bertz CT molecular complexity index is 4770. The molecule has 29 atom stereocenters. The van der Waals surface area contributed by atoms with Gasteiger partial charge in [0.2, 0.25) is 0 Å². The molecular formula is C115H160BrClF4N3O14P. The van der Waals surface area contributed by atoms with E-state index in [4.69, 9.17) is 47.9 Å². The number of oxime groups is 1. The first-order chi connectivity index (χ1) is 65.5. The molecular weight excluding hydrogens is 1870 g/mol. The first kappa shape index (κ1) is 104. The molecule has 5 saturated heterocycles. The third kappa shape index (κ3) is 17.6. The summed E-state index contributed by atoms with van der Waals surface area (Å²) in [6.45, 7) is 40.0. The van der Waals surface area contributed by atoms with E-state index >= 15 is 17.6 Å². The molecule has 17 unspecified atom stereocenters. The van der Waals surface area contributed by atoms with Gasteiger partial charge in [0, 0.05) is 117 Å². The number of nitrogens with zero attached hydrogens (tertiary/aromatic N) is 1. The average molecular weight is 2030 g/mol. The van der Waals surface area contributed by atoms with Crippen LogP contribution in [0.15, 0.2) is 133 Å². The Morgan fingerprint density at radius 3 is 1.23 bits per heavy atom. The Balaban J connectivity index is 0.000000113. The van der Waals surface area contributed by atoms with Crippen molar-refractivity contribution in [1.29, 1.82) is 0 Å². The number of halogens is 6. The minimum atomic E-state index is -1.53. The van der Waals surface area contributed by atoms with Crippen molar-refractivity contribution in [2.24, 2.45) is 143 Å². The second kappa shape index (κ2) is 39.9. The number of nitrogens with one attached hydrogen (secondary N) is 2. The smallest absolute Gasteiger partial charge is 0.174 e. The molecule has 139 heavy (non-hydrogen) atoms. The number of Topliss-reactive ketones (excluding diaryl/α,β-unsaturated/α-hetero) is 4. The Hall–Kier alpha value is -4.49. The lowest BCUT2D eigenvalue weighted by atomic mass is 9.43. The summed E-state index contributed by atoms with van der Waals surface area (Å²) in [6.07, 6.45) is 23.7. The summed E-state index contributed by atoms with van der Waals surface area (Å²) >= 11 is 0. The van der Waals surface area contributed by atoms with Gasteiger partial charge in [-0.25, -0.2) is 23.0 Å². The molecule has 0 bridgehead atoms. The van der Waals surface area contributed by atoms with Gasteiger partial charge >= 0.3 is 0 Å². The van der Waals surface area contributed by atoms with Crippen LogP contribution < -0.4 is 43.7 Å². The van der Waals surface area contributed by atoms with Crippen LogP contribution in [0.4, 0.5) is 17.6 Å². The number of hydrogen-bond acceptors (Lipinski definition) is 17. The van der Waals surface area contributed by atoms with Crippen molar-refractivity contribution in [3.8, 4) is 0 Å². The van der Waals surface area contributed by atoms with Crippen molar-refractivity contribution in [3.05, 3.63) is 127 Å². The van der Waals surface area contributed by atoms with Crippen LogP contribution in [0, 0.1) is 138 Å².